The van der Waals surface area contributed by atoms with Crippen LogP contribution in [0.4, 0.5) is 5.82 Å². The van der Waals surface area contributed by atoms with E-state index in [-0.39, 0.29) is 6.10 Å². The zero-order chi connectivity index (χ0) is 14.8. The summed E-state index contributed by atoms with van der Waals surface area (Å²) in [5, 5.41) is 9.35. The average Bonchev–Trinajstić information content (AvgIpc) is 2.38. The molecule has 0 aromatic carbocycles. The quantitative estimate of drug-likeness (QED) is 0.908. The summed E-state index contributed by atoms with van der Waals surface area (Å²) < 4.78 is 5.55. The van der Waals surface area contributed by atoms with Crippen molar-refractivity contribution in [2.45, 2.75) is 39.7 Å². The van der Waals surface area contributed by atoms with Crippen molar-refractivity contribution in [3.8, 4) is 5.88 Å². The van der Waals surface area contributed by atoms with Crippen LogP contribution in [0.25, 0.3) is 0 Å². The molecule has 1 aromatic rings. The van der Waals surface area contributed by atoms with Gasteiger partial charge in [-0.3, -0.25) is 4.79 Å². The number of carboxylic acids is 1. The maximum absolute atomic E-state index is 11.4. The molecule has 2 heterocycles. The predicted octanol–water partition coefficient (Wildman–Crippen LogP) is 1.95. The van der Waals surface area contributed by atoms with Crippen molar-refractivity contribution in [1.82, 2.24) is 9.97 Å². The van der Waals surface area contributed by atoms with Crippen LogP contribution >= 0.6 is 0 Å². The zero-order valence-corrected chi connectivity index (χ0v) is 12.2. The van der Waals surface area contributed by atoms with Crippen LogP contribution in [0.15, 0.2) is 12.4 Å². The maximum atomic E-state index is 11.4. The summed E-state index contributed by atoms with van der Waals surface area (Å²) in [5.74, 6) is 0.491. The molecule has 1 atom stereocenters. The van der Waals surface area contributed by atoms with Gasteiger partial charge in [0, 0.05) is 19.2 Å². The minimum atomic E-state index is -0.755. The van der Waals surface area contributed by atoms with Gasteiger partial charge in [-0.25, -0.2) is 9.97 Å². The number of ether oxygens (including phenoxy) is 1. The fraction of sp³-hybridized carbons (Fsp3) is 0.643. The predicted molar refractivity (Wildman–Crippen MR) is 75.0 cm³/mol. The number of piperidine rings is 1. The molecule has 0 aliphatic carbocycles. The number of aliphatic carboxylic acids is 1. The summed E-state index contributed by atoms with van der Waals surface area (Å²) in [7, 11) is 0. The molecule has 1 fully saturated rings. The Morgan fingerprint density at radius 2 is 2.25 bits per heavy atom. The van der Waals surface area contributed by atoms with Gasteiger partial charge in [0.1, 0.15) is 12.1 Å². The summed E-state index contributed by atoms with van der Waals surface area (Å²) in [6.45, 7) is 6.92. The summed E-state index contributed by atoms with van der Waals surface area (Å²) >= 11 is 0. The normalized spacial score (nSPS) is 22.9. The number of carboxylic acid groups (broad SMARTS) is 1. The largest absolute Gasteiger partial charge is 0.481 e. The van der Waals surface area contributed by atoms with Crippen molar-refractivity contribution >= 4 is 11.8 Å². The Labute approximate surface area is 118 Å². The standard InChI is InChI=1S/C14H21N3O3/c1-10(2)20-12-7-11(15-9-16-12)17-6-4-5-14(3,8-17)13(18)19/h7,9-10H,4-6,8H2,1-3H3,(H,18,19). The molecule has 0 radical (unpaired) electrons. The smallest absolute Gasteiger partial charge is 0.311 e. The molecule has 2 rings (SSSR count). The first-order chi connectivity index (χ1) is 9.40. The van der Waals surface area contributed by atoms with Crippen LogP contribution in [0.3, 0.4) is 0 Å². The number of nitrogens with zero attached hydrogens (tertiary/aromatic N) is 3. The molecule has 1 unspecified atom stereocenters. The van der Waals surface area contributed by atoms with Gasteiger partial charge in [0.15, 0.2) is 0 Å². The molecule has 110 valence electrons. The molecule has 6 nitrogen and oxygen atoms in total. The van der Waals surface area contributed by atoms with E-state index in [1.165, 1.54) is 6.33 Å². The Hall–Kier alpha value is -1.85. The highest BCUT2D eigenvalue weighted by Gasteiger charge is 2.38. The highest BCUT2D eigenvalue weighted by Crippen LogP contribution is 2.32. The topological polar surface area (TPSA) is 75.5 Å². The molecule has 0 saturated carbocycles. The molecule has 1 N–H and O–H groups in total. The molecular formula is C14H21N3O3. The number of aromatic nitrogens is 2. The number of hydrogen-bond acceptors (Lipinski definition) is 5. The van der Waals surface area contributed by atoms with E-state index < -0.39 is 11.4 Å². The molecule has 0 spiro atoms. The molecule has 0 bridgehead atoms. The second kappa shape index (κ2) is 5.64. The van der Waals surface area contributed by atoms with Crippen molar-refractivity contribution in [2.75, 3.05) is 18.0 Å². The van der Waals surface area contributed by atoms with Crippen LogP contribution in [0, 0.1) is 5.41 Å². The van der Waals surface area contributed by atoms with Gasteiger partial charge in [-0.15, -0.1) is 0 Å². The Kier molecular flexibility index (Phi) is 4.11. The van der Waals surface area contributed by atoms with E-state index in [9.17, 15) is 9.90 Å². The summed E-state index contributed by atoms with van der Waals surface area (Å²) in [4.78, 5) is 21.7. The highest BCUT2D eigenvalue weighted by molar-refractivity contribution is 5.75. The van der Waals surface area contributed by atoms with Gasteiger partial charge < -0.3 is 14.7 Å². The fourth-order valence-electron chi connectivity index (χ4n) is 2.42. The minimum absolute atomic E-state index is 0.0448. The van der Waals surface area contributed by atoms with E-state index in [2.05, 4.69) is 9.97 Å². The van der Waals surface area contributed by atoms with E-state index in [0.29, 0.717) is 18.8 Å². The molecule has 1 aliphatic heterocycles. The van der Waals surface area contributed by atoms with Gasteiger partial charge in [0.05, 0.1) is 11.5 Å². The van der Waals surface area contributed by atoms with E-state index in [0.717, 1.165) is 18.8 Å². The number of rotatable bonds is 4. The van der Waals surface area contributed by atoms with Crippen molar-refractivity contribution in [3.63, 3.8) is 0 Å². The second-order valence-corrected chi connectivity index (χ2v) is 5.77. The van der Waals surface area contributed by atoms with Gasteiger partial charge in [-0.1, -0.05) is 0 Å². The first-order valence-corrected chi connectivity index (χ1v) is 6.88. The van der Waals surface area contributed by atoms with E-state index in [1.54, 1.807) is 13.0 Å². The van der Waals surface area contributed by atoms with Crippen molar-refractivity contribution in [2.24, 2.45) is 5.41 Å². The van der Waals surface area contributed by atoms with Crippen LogP contribution in [-0.4, -0.2) is 40.2 Å². The number of carbonyl (C=O) groups is 1. The Morgan fingerprint density at radius 1 is 1.50 bits per heavy atom. The van der Waals surface area contributed by atoms with Gasteiger partial charge >= 0.3 is 5.97 Å². The average molecular weight is 279 g/mol. The maximum Gasteiger partial charge on any atom is 0.311 e. The molecule has 20 heavy (non-hydrogen) atoms. The first kappa shape index (κ1) is 14.6. The van der Waals surface area contributed by atoms with Gasteiger partial charge in [0.25, 0.3) is 0 Å². The molecule has 1 aromatic heterocycles. The Balaban J connectivity index is 2.17. The molecule has 0 amide bonds. The van der Waals surface area contributed by atoms with Crippen LogP contribution in [-0.2, 0) is 4.79 Å². The SMILES string of the molecule is CC(C)Oc1cc(N2CCCC(C)(C(=O)O)C2)ncn1. The van der Waals surface area contributed by atoms with Crippen molar-refractivity contribution in [1.29, 1.82) is 0 Å². The van der Waals surface area contributed by atoms with Crippen molar-refractivity contribution < 1.29 is 14.6 Å². The third-order valence-electron chi connectivity index (χ3n) is 3.52. The lowest BCUT2D eigenvalue weighted by molar-refractivity contribution is -0.148. The first-order valence-electron chi connectivity index (χ1n) is 6.88. The lowest BCUT2D eigenvalue weighted by Gasteiger charge is -2.38. The van der Waals surface area contributed by atoms with Gasteiger partial charge in [-0.2, -0.15) is 0 Å². The summed E-state index contributed by atoms with van der Waals surface area (Å²) in [6.07, 6.45) is 3.04. The monoisotopic (exact) mass is 279 g/mol. The van der Waals surface area contributed by atoms with E-state index in [1.807, 2.05) is 18.7 Å². The van der Waals surface area contributed by atoms with Crippen LogP contribution in [0.5, 0.6) is 5.88 Å². The number of anilines is 1. The highest BCUT2D eigenvalue weighted by atomic mass is 16.5. The van der Waals surface area contributed by atoms with Crippen molar-refractivity contribution in [3.05, 3.63) is 12.4 Å². The molecular weight excluding hydrogens is 258 g/mol. The lowest BCUT2D eigenvalue weighted by Crippen LogP contribution is -2.46. The lowest BCUT2D eigenvalue weighted by atomic mass is 9.82. The summed E-state index contributed by atoms with van der Waals surface area (Å²) in [5.41, 5.74) is -0.720. The summed E-state index contributed by atoms with van der Waals surface area (Å²) in [6, 6.07) is 1.77. The van der Waals surface area contributed by atoms with E-state index >= 15 is 0 Å². The Bertz CT molecular complexity index is 492. The van der Waals surface area contributed by atoms with Crippen LogP contribution < -0.4 is 9.64 Å². The van der Waals surface area contributed by atoms with Crippen LogP contribution in [0.2, 0.25) is 0 Å². The third kappa shape index (κ3) is 3.18. The molecule has 1 aliphatic rings. The third-order valence-corrected chi connectivity index (χ3v) is 3.52. The fourth-order valence-corrected chi connectivity index (χ4v) is 2.42. The van der Waals surface area contributed by atoms with Crippen LogP contribution in [0.1, 0.15) is 33.6 Å². The van der Waals surface area contributed by atoms with E-state index in [4.69, 9.17) is 4.74 Å². The van der Waals surface area contributed by atoms with Gasteiger partial charge in [-0.05, 0) is 33.6 Å². The van der Waals surface area contributed by atoms with Gasteiger partial charge in [0.2, 0.25) is 5.88 Å². The molecule has 6 heteroatoms. The second-order valence-electron chi connectivity index (χ2n) is 5.77. The number of hydrogen-bond donors (Lipinski definition) is 1. The molecule has 1 saturated heterocycles. The minimum Gasteiger partial charge on any atom is -0.481 e. The zero-order valence-electron chi connectivity index (χ0n) is 12.2. The Morgan fingerprint density at radius 3 is 2.90 bits per heavy atom.